The number of aliphatic hydroxyl groups excluding tert-OH is 1. The molecule has 3 N–H and O–H groups in total. The van der Waals surface area contributed by atoms with Crippen LogP contribution in [0.1, 0.15) is 92.7 Å². The van der Waals surface area contributed by atoms with Crippen molar-refractivity contribution >= 4 is 23.6 Å². The molecular weight excluding hydrogens is 662 g/mol. The zero-order valence-corrected chi connectivity index (χ0v) is 34.1. The first-order chi connectivity index (χ1) is 24.4. The summed E-state index contributed by atoms with van der Waals surface area (Å²) in [5.74, 6) is -1.57. The van der Waals surface area contributed by atoms with Crippen LogP contribution < -0.4 is 10.6 Å². The quantitative estimate of drug-likeness (QED) is 0.184. The topological polar surface area (TPSA) is 141 Å². The van der Waals surface area contributed by atoms with Gasteiger partial charge in [0.15, 0.2) is 0 Å². The second kappa shape index (κ2) is 21.0. The average molecular weight is 732 g/mol. The molecule has 4 amide bonds. The highest BCUT2D eigenvalue weighted by molar-refractivity contribution is 5.90. The number of rotatable bonds is 20. The minimum Gasteiger partial charge on any atom is -0.386 e. The van der Waals surface area contributed by atoms with Gasteiger partial charge in [-0.1, -0.05) is 85.2 Å². The molecule has 52 heavy (non-hydrogen) atoms. The molecule has 296 valence electrons. The summed E-state index contributed by atoms with van der Waals surface area (Å²) in [5.41, 5.74) is 0.711. The first kappa shape index (κ1) is 45.1. The van der Waals surface area contributed by atoms with Gasteiger partial charge in [-0.2, -0.15) is 0 Å². The summed E-state index contributed by atoms with van der Waals surface area (Å²) in [5, 5.41) is 16.8. The highest BCUT2D eigenvalue weighted by Crippen LogP contribution is 2.30. The second-order valence-electron chi connectivity index (χ2n) is 15.6. The van der Waals surface area contributed by atoms with Crippen LogP contribution in [0.25, 0.3) is 0 Å². The third-order valence-electron chi connectivity index (χ3n) is 10.9. The Bertz CT molecular complexity index is 1270. The van der Waals surface area contributed by atoms with E-state index in [0.717, 1.165) is 12.8 Å². The molecule has 1 aliphatic rings. The first-order valence-corrected chi connectivity index (χ1v) is 19.0. The number of amides is 4. The lowest BCUT2D eigenvalue weighted by Gasteiger charge is -2.41. The number of hydrogen-bond acceptors (Lipinski definition) is 8. The lowest BCUT2D eigenvalue weighted by atomic mass is 9.89. The normalized spacial score (nSPS) is 20.1. The number of hydrogen-bond donors (Lipinski definition) is 3. The molecule has 2 rings (SSSR count). The number of benzene rings is 1. The van der Waals surface area contributed by atoms with Crippen molar-refractivity contribution in [1.29, 1.82) is 0 Å². The van der Waals surface area contributed by atoms with E-state index in [-0.39, 0.29) is 53.8 Å². The standard InChI is InChI=1S/C40H69N5O7/c1-14-26(6)35(44(11)40(50)33(24(2)3)42-39(49)34(25(4)5)43(9)10)31(51-12)23-32(46)45-22-18-21-30(45)37(52-13)27(7)38(48)41-28(8)36(47)29-19-16-15-17-20-29/h15-17,19-20,24-28,30-31,33-37,47H,14,18,21-23H2,1-13H3,(H,41,48)(H,42,49)/t26?,27?,28?,30?,31?,33-,34?,35?,36?,37+/m0/s1. The van der Waals surface area contributed by atoms with Gasteiger partial charge in [0, 0.05) is 27.8 Å². The van der Waals surface area contributed by atoms with Crippen molar-refractivity contribution in [2.75, 3.05) is 41.9 Å². The molecular formula is C40H69N5O7. The van der Waals surface area contributed by atoms with E-state index in [1.165, 1.54) is 0 Å². The molecule has 12 nitrogen and oxygen atoms in total. The van der Waals surface area contributed by atoms with Crippen LogP contribution in [0.3, 0.4) is 0 Å². The summed E-state index contributed by atoms with van der Waals surface area (Å²) >= 11 is 0. The predicted octanol–water partition coefficient (Wildman–Crippen LogP) is 3.87. The second-order valence-corrected chi connectivity index (χ2v) is 15.6. The van der Waals surface area contributed by atoms with E-state index in [1.807, 2.05) is 90.9 Å². The molecule has 0 radical (unpaired) electrons. The summed E-state index contributed by atoms with van der Waals surface area (Å²) in [7, 11) is 8.57. The molecule has 0 saturated carbocycles. The first-order valence-electron chi connectivity index (χ1n) is 19.0. The number of carbonyl (C=O) groups is 4. The Morgan fingerprint density at radius 2 is 1.52 bits per heavy atom. The van der Waals surface area contributed by atoms with Gasteiger partial charge in [0.2, 0.25) is 23.6 Å². The molecule has 1 saturated heterocycles. The van der Waals surface area contributed by atoms with Crippen LogP contribution >= 0.6 is 0 Å². The van der Waals surface area contributed by atoms with Crippen molar-refractivity contribution in [3.05, 3.63) is 35.9 Å². The van der Waals surface area contributed by atoms with Gasteiger partial charge in [-0.25, -0.2) is 0 Å². The van der Waals surface area contributed by atoms with Gasteiger partial charge in [-0.3, -0.25) is 24.1 Å². The highest BCUT2D eigenvalue weighted by atomic mass is 16.5. The number of aliphatic hydroxyl groups is 1. The summed E-state index contributed by atoms with van der Waals surface area (Å²) < 4.78 is 11.9. The van der Waals surface area contributed by atoms with E-state index in [9.17, 15) is 24.3 Å². The van der Waals surface area contributed by atoms with Crippen molar-refractivity contribution < 1.29 is 33.8 Å². The maximum Gasteiger partial charge on any atom is 0.245 e. The number of ether oxygens (including phenoxy) is 2. The van der Waals surface area contributed by atoms with Crippen LogP contribution in [0, 0.1) is 23.7 Å². The van der Waals surface area contributed by atoms with Gasteiger partial charge in [-0.05, 0) is 57.2 Å². The number of carbonyl (C=O) groups excluding carboxylic acids is 4. The fraction of sp³-hybridized carbons (Fsp3) is 0.750. The van der Waals surface area contributed by atoms with Crippen molar-refractivity contribution in [2.45, 2.75) is 130 Å². The Hall–Kier alpha value is -3.06. The molecule has 0 aromatic heterocycles. The minimum absolute atomic E-state index is 0.0153. The lowest BCUT2D eigenvalue weighted by molar-refractivity contribution is -0.148. The van der Waals surface area contributed by atoms with Gasteiger partial charge in [0.05, 0.1) is 54.8 Å². The van der Waals surface area contributed by atoms with Gasteiger partial charge in [0.25, 0.3) is 0 Å². The maximum absolute atomic E-state index is 14.2. The van der Waals surface area contributed by atoms with E-state index in [1.54, 1.807) is 44.9 Å². The van der Waals surface area contributed by atoms with E-state index < -0.39 is 48.4 Å². The van der Waals surface area contributed by atoms with Crippen molar-refractivity contribution in [1.82, 2.24) is 25.3 Å². The van der Waals surface area contributed by atoms with E-state index >= 15 is 0 Å². The van der Waals surface area contributed by atoms with E-state index in [2.05, 4.69) is 10.6 Å². The van der Waals surface area contributed by atoms with Crippen LogP contribution in [0.5, 0.6) is 0 Å². The Morgan fingerprint density at radius 3 is 2.02 bits per heavy atom. The summed E-state index contributed by atoms with van der Waals surface area (Å²) in [6, 6.07) is 6.72. The molecule has 1 aromatic carbocycles. The SMILES string of the molecule is CCC(C)C(C(CC(=O)N1CCCC1[C@H](OC)C(C)C(=O)NC(C)C(O)c1ccccc1)OC)N(C)C(=O)[C@@H](NC(=O)C(C(C)C)N(C)C)C(C)C. The average Bonchev–Trinajstić information content (AvgIpc) is 3.59. The molecule has 1 fully saturated rings. The molecule has 1 aromatic rings. The lowest BCUT2D eigenvalue weighted by Crippen LogP contribution is -2.59. The van der Waals surface area contributed by atoms with Crippen LogP contribution in [0.15, 0.2) is 30.3 Å². The molecule has 0 spiro atoms. The maximum atomic E-state index is 14.2. The zero-order valence-electron chi connectivity index (χ0n) is 34.1. The Balaban J connectivity index is 2.25. The number of nitrogens with one attached hydrogen (secondary N) is 2. The van der Waals surface area contributed by atoms with Crippen LogP contribution in [0.2, 0.25) is 0 Å². The Morgan fingerprint density at radius 1 is 0.904 bits per heavy atom. The van der Waals surface area contributed by atoms with Gasteiger partial charge < -0.3 is 35.0 Å². The monoisotopic (exact) mass is 732 g/mol. The molecule has 12 heteroatoms. The van der Waals surface area contributed by atoms with Crippen LogP contribution in [-0.4, -0.2) is 128 Å². The largest absolute Gasteiger partial charge is 0.386 e. The molecule has 1 heterocycles. The van der Waals surface area contributed by atoms with Gasteiger partial charge in [0.1, 0.15) is 6.04 Å². The number of likely N-dealkylation sites (tertiary alicyclic amines) is 1. The number of methoxy groups -OCH3 is 2. The Labute approximate surface area is 313 Å². The van der Waals surface area contributed by atoms with E-state index in [4.69, 9.17) is 9.47 Å². The smallest absolute Gasteiger partial charge is 0.245 e. The fourth-order valence-electron chi connectivity index (χ4n) is 7.78. The number of likely N-dealkylation sites (N-methyl/N-ethyl adjacent to an activating group) is 2. The molecule has 8 unspecified atom stereocenters. The van der Waals surface area contributed by atoms with Crippen molar-refractivity contribution in [2.24, 2.45) is 23.7 Å². The fourth-order valence-corrected chi connectivity index (χ4v) is 7.78. The van der Waals surface area contributed by atoms with E-state index in [0.29, 0.717) is 18.5 Å². The van der Waals surface area contributed by atoms with Crippen molar-refractivity contribution in [3.8, 4) is 0 Å². The van der Waals surface area contributed by atoms with Gasteiger partial charge >= 0.3 is 0 Å². The van der Waals surface area contributed by atoms with Crippen molar-refractivity contribution in [3.63, 3.8) is 0 Å². The number of nitrogens with zero attached hydrogens (tertiary/aromatic N) is 3. The zero-order chi connectivity index (χ0) is 39.4. The third kappa shape index (κ3) is 11.5. The predicted molar refractivity (Wildman–Crippen MR) is 204 cm³/mol. The molecule has 1 aliphatic heterocycles. The van der Waals surface area contributed by atoms with Crippen LogP contribution in [-0.2, 0) is 28.7 Å². The minimum atomic E-state index is -0.876. The summed E-state index contributed by atoms with van der Waals surface area (Å²) in [6.07, 6.45) is 0.148. The van der Waals surface area contributed by atoms with Gasteiger partial charge in [-0.15, -0.1) is 0 Å². The third-order valence-corrected chi connectivity index (χ3v) is 10.9. The Kier molecular flexibility index (Phi) is 18.2. The van der Waals surface area contributed by atoms with Crippen LogP contribution in [0.4, 0.5) is 0 Å². The summed E-state index contributed by atoms with van der Waals surface area (Å²) in [6.45, 7) is 16.0. The highest BCUT2D eigenvalue weighted by Gasteiger charge is 2.43. The molecule has 10 atom stereocenters. The molecule has 0 aliphatic carbocycles. The summed E-state index contributed by atoms with van der Waals surface area (Å²) in [4.78, 5) is 60.6. The molecule has 0 bridgehead atoms.